The van der Waals surface area contributed by atoms with Crippen molar-refractivity contribution < 1.29 is 9.18 Å². The van der Waals surface area contributed by atoms with E-state index in [1.807, 2.05) is 26.0 Å². The molecule has 5 heteroatoms. The second-order valence-electron chi connectivity index (χ2n) is 6.14. The zero-order valence-electron chi connectivity index (χ0n) is 14.4. The fraction of sp³-hybridized carbons (Fsp3) is 0.316. The molecule has 1 atom stereocenters. The lowest BCUT2D eigenvalue weighted by atomic mass is 10.1. The highest BCUT2D eigenvalue weighted by Gasteiger charge is 2.19. The number of anilines is 1. The Labute approximate surface area is 147 Å². The van der Waals surface area contributed by atoms with Crippen LogP contribution in [0.1, 0.15) is 23.6 Å². The number of likely N-dealkylation sites (N-methyl/N-ethyl adjacent to an activating group) is 1. The Kier molecular flexibility index (Phi) is 5.84. The van der Waals surface area contributed by atoms with Gasteiger partial charge in [0.2, 0.25) is 5.91 Å². The van der Waals surface area contributed by atoms with E-state index in [2.05, 4.69) is 11.4 Å². The van der Waals surface area contributed by atoms with E-state index in [1.165, 1.54) is 11.0 Å². The number of hydrogen-bond donors (Lipinski definition) is 1. The molecular weight excluding hydrogens is 327 g/mol. The number of rotatable bonds is 5. The van der Waals surface area contributed by atoms with Crippen molar-refractivity contribution in [1.29, 1.82) is 0 Å². The van der Waals surface area contributed by atoms with E-state index in [-0.39, 0.29) is 12.5 Å². The molecule has 0 aromatic heterocycles. The van der Waals surface area contributed by atoms with Crippen molar-refractivity contribution in [1.82, 2.24) is 4.90 Å². The number of amides is 1. The van der Waals surface area contributed by atoms with Crippen molar-refractivity contribution in [2.75, 3.05) is 12.4 Å². The molecule has 0 heterocycles. The highest BCUT2D eigenvalue weighted by atomic mass is 35.5. The van der Waals surface area contributed by atoms with E-state index in [4.69, 9.17) is 11.6 Å². The first-order valence-corrected chi connectivity index (χ1v) is 8.18. The lowest BCUT2D eigenvalue weighted by Gasteiger charge is -2.23. The van der Waals surface area contributed by atoms with Crippen LogP contribution in [0.4, 0.5) is 10.1 Å². The van der Waals surface area contributed by atoms with E-state index >= 15 is 0 Å². The molecule has 0 radical (unpaired) electrons. The molecule has 0 aliphatic rings. The molecule has 1 amide bonds. The van der Waals surface area contributed by atoms with Gasteiger partial charge in [-0.1, -0.05) is 23.7 Å². The van der Waals surface area contributed by atoms with Crippen LogP contribution in [0.3, 0.4) is 0 Å². The largest absolute Gasteiger partial charge is 0.374 e. The minimum Gasteiger partial charge on any atom is -0.374 e. The van der Waals surface area contributed by atoms with E-state index in [0.717, 1.165) is 16.8 Å². The van der Waals surface area contributed by atoms with E-state index in [0.29, 0.717) is 10.6 Å². The number of halogens is 2. The lowest BCUT2D eigenvalue weighted by molar-refractivity contribution is -0.130. The summed E-state index contributed by atoms with van der Waals surface area (Å²) in [7, 11) is 1.64. The maximum atomic E-state index is 13.9. The average Bonchev–Trinajstić information content (AvgIpc) is 2.49. The Morgan fingerprint density at radius 2 is 1.88 bits per heavy atom. The van der Waals surface area contributed by atoms with Crippen LogP contribution >= 0.6 is 11.6 Å². The van der Waals surface area contributed by atoms with Crippen LogP contribution in [0.25, 0.3) is 0 Å². The molecule has 2 aromatic carbocycles. The highest BCUT2D eigenvalue weighted by molar-refractivity contribution is 6.31. The molecule has 1 N–H and O–H groups in total. The molecule has 128 valence electrons. The molecule has 3 nitrogen and oxygen atoms in total. The third-order valence-electron chi connectivity index (χ3n) is 3.81. The van der Waals surface area contributed by atoms with Gasteiger partial charge in [0.1, 0.15) is 11.9 Å². The van der Waals surface area contributed by atoms with Crippen molar-refractivity contribution in [2.24, 2.45) is 0 Å². The Bertz CT molecular complexity index is 708. The van der Waals surface area contributed by atoms with E-state index in [9.17, 15) is 9.18 Å². The first-order chi connectivity index (χ1) is 11.3. The van der Waals surface area contributed by atoms with Gasteiger partial charge in [-0.3, -0.25) is 4.79 Å². The molecular formula is C19H22ClFN2O. The molecule has 24 heavy (non-hydrogen) atoms. The van der Waals surface area contributed by atoms with Crippen LogP contribution in [0.15, 0.2) is 36.4 Å². The predicted octanol–water partition coefficient (Wildman–Crippen LogP) is 4.55. The summed E-state index contributed by atoms with van der Waals surface area (Å²) < 4.78 is 13.9. The van der Waals surface area contributed by atoms with Gasteiger partial charge in [0, 0.05) is 29.9 Å². The molecule has 0 saturated heterocycles. The summed E-state index contributed by atoms with van der Waals surface area (Å²) in [6, 6.07) is 10.1. The molecule has 0 aliphatic heterocycles. The van der Waals surface area contributed by atoms with Crippen molar-refractivity contribution in [3.8, 4) is 0 Å². The third-order valence-corrected chi connectivity index (χ3v) is 4.16. The van der Waals surface area contributed by atoms with Gasteiger partial charge in [0.05, 0.1) is 0 Å². The van der Waals surface area contributed by atoms with Crippen LogP contribution in [0.2, 0.25) is 5.02 Å². The number of hydrogen-bond acceptors (Lipinski definition) is 2. The SMILES string of the molecule is Cc1cc(C)cc(NC(C)C(=O)N(C)Cc2c(F)cccc2Cl)c1. The molecule has 1 unspecified atom stereocenters. The lowest BCUT2D eigenvalue weighted by Crippen LogP contribution is -2.38. The number of carbonyl (C=O) groups is 1. The van der Waals surface area contributed by atoms with Gasteiger partial charge in [-0.25, -0.2) is 4.39 Å². The van der Waals surface area contributed by atoms with Crippen molar-refractivity contribution in [3.05, 3.63) is 63.9 Å². The fourth-order valence-electron chi connectivity index (χ4n) is 2.70. The van der Waals surface area contributed by atoms with Gasteiger partial charge in [-0.2, -0.15) is 0 Å². The van der Waals surface area contributed by atoms with Crippen molar-refractivity contribution >= 4 is 23.2 Å². The summed E-state index contributed by atoms with van der Waals surface area (Å²) in [5.41, 5.74) is 3.48. The van der Waals surface area contributed by atoms with Gasteiger partial charge in [-0.05, 0) is 56.2 Å². The second-order valence-corrected chi connectivity index (χ2v) is 6.54. The summed E-state index contributed by atoms with van der Waals surface area (Å²) in [5.74, 6) is -0.537. The zero-order chi connectivity index (χ0) is 17.9. The van der Waals surface area contributed by atoms with Crippen molar-refractivity contribution in [2.45, 2.75) is 33.4 Å². The number of nitrogens with one attached hydrogen (secondary N) is 1. The number of nitrogens with zero attached hydrogens (tertiary/aromatic N) is 1. The van der Waals surface area contributed by atoms with E-state index in [1.54, 1.807) is 26.1 Å². The Morgan fingerprint density at radius 1 is 1.25 bits per heavy atom. The van der Waals surface area contributed by atoms with Crippen molar-refractivity contribution in [3.63, 3.8) is 0 Å². The molecule has 0 fully saturated rings. The van der Waals surface area contributed by atoms with Gasteiger partial charge < -0.3 is 10.2 Å². The quantitative estimate of drug-likeness (QED) is 0.859. The first-order valence-electron chi connectivity index (χ1n) is 7.80. The van der Waals surface area contributed by atoms with Gasteiger partial charge in [0.15, 0.2) is 0 Å². The monoisotopic (exact) mass is 348 g/mol. The van der Waals surface area contributed by atoms with Crippen LogP contribution in [-0.4, -0.2) is 23.9 Å². The van der Waals surface area contributed by atoms with Crippen LogP contribution in [0.5, 0.6) is 0 Å². The Balaban J connectivity index is 2.07. The zero-order valence-corrected chi connectivity index (χ0v) is 15.1. The minimum atomic E-state index is -0.429. The number of benzene rings is 2. The summed E-state index contributed by atoms with van der Waals surface area (Å²) in [6.07, 6.45) is 0. The summed E-state index contributed by atoms with van der Waals surface area (Å²) >= 11 is 6.03. The second kappa shape index (κ2) is 7.67. The molecule has 0 aliphatic carbocycles. The topological polar surface area (TPSA) is 32.3 Å². The number of aryl methyl sites for hydroxylation is 2. The normalized spacial score (nSPS) is 11.9. The highest BCUT2D eigenvalue weighted by Crippen LogP contribution is 2.21. The maximum absolute atomic E-state index is 13.9. The molecule has 0 spiro atoms. The maximum Gasteiger partial charge on any atom is 0.244 e. The molecule has 2 aromatic rings. The first kappa shape index (κ1) is 18.3. The van der Waals surface area contributed by atoms with Gasteiger partial charge >= 0.3 is 0 Å². The summed E-state index contributed by atoms with van der Waals surface area (Å²) in [6.45, 7) is 5.94. The third kappa shape index (κ3) is 4.48. The Morgan fingerprint density at radius 3 is 2.46 bits per heavy atom. The Hall–Kier alpha value is -2.07. The van der Waals surface area contributed by atoms with Crippen LogP contribution in [0, 0.1) is 19.7 Å². The van der Waals surface area contributed by atoms with E-state index < -0.39 is 11.9 Å². The van der Waals surface area contributed by atoms with Gasteiger partial charge in [-0.15, -0.1) is 0 Å². The fourth-order valence-corrected chi connectivity index (χ4v) is 2.92. The molecule has 2 rings (SSSR count). The van der Waals surface area contributed by atoms with Gasteiger partial charge in [0.25, 0.3) is 0 Å². The smallest absolute Gasteiger partial charge is 0.244 e. The standard InChI is InChI=1S/C19H22ClFN2O/c1-12-8-13(2)10-15(9-12)22-14(3)19(24)23(4)11-16-17(20)6-5-7-18(16)21/h5-10,14,22H,11H2,1-4H3. The molecule has 0 saturated carbocycles. The predicted molar refractivity (Wildman–Crippen MR) is 96.9 cm³/mol. The molecule has 0 bridgehead atoms. The summed E-state index contributed by atoms with van der Waals surface area (Å²) in [4.78, 5) is 14.0. The average molecular weight is 349 g/mol. The van der Waals surface area contributed by atoms with Crippen LogP contribution < -0.4 is 5.32 Å². The van der Waals surface area contributed by atoms with Crippen LogP contribution in [-0.2, 0) is 11.3 Å². The number of carbonyl (C=O) groups excluding carboxylic acids is 1. The summed E-state index contributed by atoms with van der Waals surface area (Å²) in [5, 5.41) is 3.52. The minimum absolute atomic E-state index is 0.128.